The first kappa shape index (κ1) is 21.3. The van der Waals surface area contributed by atoms with Gasteiger partial charge < -0.3 is 14.8 Å². The second-order valence-electron chi connectivity index (χ2n) is 6.89. The minimum atomic E-state index is -3.67. The average Bonchev–Trinajstić information content (AvgIpc) is 2.65. The molecule has 1 aliphatic rings. The summed E-state index contributed by atoms with van der Waals surface area (Å²) >= 11 is 5.96. The zero-order valence-corrected chi connectivity index (χ0v) is 18.0. The second kappa shape index (κ2) is 8.51. The topological polar surface area (TPSA) is 84.9 Å². The summed E-state index contributed by atoms with van der Waals surface area (Å²) < 4.78 is 36.8. The lowest BCUT2D eigenvalue weighted by Crippen LogP contribution is -2.41. The Hall–Kier alpha value is -2.45. The van der Waals surface area contributed by atoms with Crippen LogP contribution >= 0.6 is 11.6 Å². The van der Waals surface area contributed by atoms with Crippen LogP contribution in [0.3, 0.4) is 0 Å². The van der Waals surface area contributed by atoms with Gasteiger partial charge >= 0.3 is 0 Å². The number of fused-ring (bicyclic) bond motifs is 1. The molecule has 0 saturated heterocycles. The number of aryl methyl sites for hydroxylation is 1. The number of halogens is 1. The molecule has 1 amide bonds. The summed E-state index contributed by atoms with van der Waals surface area (Å²) in [6, 6.07) is 9.96. The Labute approximate surface area is 175 Å². The Morgan fingerprint density at radius 1 is 1.17 bits per heavy atom. The molecule has 2 aromatic carbocycles. The summed E-state index contributed by atoms with van der Waals surface area (Å²) in [5.74, 6) is 0.872. The minimum absolute atomic E-state index is 0.337. The molecule has 0 spiro atoms. The molecule has 0 aliphatic carbocycles. The summed E-state index contributed by atoms with van der Waals surface area (Å²) in [7, 11) is -3.67. The number of hydrogen-bond donors (Lipinski definition) is 1. The van der Waals surface area contributed by atoms with Crippen molar-refractivity contribution < 1.29 is 22.7 Å². The molecule has 0 saturated carbocycles. The van der Waals surface area contributed by atoms with Crippen molar-refractivity contribution in [3.8, 4) is 11.5 Å². The van der Waals surface area contributed by atoms with E-state index in [2.05, 4.69) is 5.32 Å². The zero-order chi connectivity index (χ0) is 21.2. The number of anilines is 1. The molecule has 0 aromatic heterocycles. The van der Waals surface area contributed by atoms with Crippen LogP contribution in [0.15, 0.2) is 36.4 Å². The van der Waals surface area contributed by atoms with Gasteiger partial charge in [0.25, 0.3) is 0 Å². The minimum Gasteiger partial charge on any atom is -0.486 e. The molecule has 0 bridgehead atoms. The van der Waals surface area contributed by atoms with Gasteiger partial charge in [-0.1, -0.05) is 17.7 Å². The number of nitrogens with zero attached hydrogens (tertiary/aromatic N) is 1. The molecule has 1 aliphatic heterocycles. The average molecular weight is 439 g/mol. The highest BCUT2D eigenvalue weighted by molar-refractivity contribution is 7.92. The lowest BCUT2D eigenvalue weighted by molar-refractivity contribution is -0.120. The summed E-state index contributed by atoms with van der Waals surface area (Å²) in [5, 5.41) is 3.34. The summed E-state index contributed by atoms with van der Waals surface area (Å²) in [6.45, 7) is 4.21. The molecule has 156 valence electrons. The summed E-state index contributed by atoms with van der Waals surface area (Å²) in [6.07, 6.45) is 1.07. The van der Waals surface area contributed by atoms with Crippen LogP contribution in [0.5, 0.6) is 11.5 Å². The summed E-state index contributed by atoms with van der Waals surface area (Å²) in [5.41, 5.74) is 1.91. The Balaban J connectivity index is 1.75. The Kier molecular flexibility index (Phi) is 6.24. The van der Waals surface area contributed by atoms with Crippen LogP contribution in [-0.4, -0.2) is 40.3 Å². The Morgan fingerprint density at radius 3 is 2.52 bits per heavy atom. The van der Waals surface area contributed by atoms with Gasteiger partial charge in [-0.2, -0.15) is 0 Å². The monoisotopic (exact) mass is 438 g/mol. The van der Waals surface area contributed by atoms with Crippen molar-refractivity contribution in [2.24, 2.45) is 0 Å². The third-order valence-corrected chi connectivity index (χ3v) is 5.92. The first-order valence-corrected chi connectivity index (χ1v) is 11.3. The Morgan fingerprint density at radius 2 is 1.86 bits per heavy atom. The summed E-state index contributed by atoms with van der Waals surface area (Å²) in [4.78, 5) is 12.6. The molecule has 2 aromatic rings. The fourth-order valence-corrected chi connectivity index (χ4v) is 4.25. The first-order chi connectivity index (χ1) is 13.6. The highest BCUT2D eigenvalue weighted by Crippen LogP contribution is 2.32. The van der Waals surface area contributed by atoms with Crippen LogP contribution in [0.4, 0.5) is 5.69 Å². The maximum absolute atomic E-state index is 12.6. The smallest absolute Gasteiger partial charge is 0.241 e. The van der Waals surface area contributed by atoms with Gasteiger partial charge in [0.15, 0.2) is 11.5 Å². The molecule has 1 atom stereocenters. The number of carbonyl (C=O) groups excluding carboxylic acids is 1. The number of hydrogen-bond acceptors (Lipinski definition) is 5. The molecular weight excluding hydrogens is 416 g/mol. The van der Waals surface area contributed by atoms with Crippen molar-refractivity contribution in [3.05, 3.63) is 52.5 Å². The third kappa shape index (κ3) is 5.13. The SMILES string of the molecule is Cc1cc(Cl)ccc1N(CC(=O)N[C@@H](C)c1ccc2c(c1)OCCO2)S(C)(=O)=O. The van der Waals surface area contributed by atoms with Gasteiger partial charge in [-0.25, -0.2) is 8.42 Å². The van der Waals surface area contributed by atoms with E-state index in [4.69, 9.17) is 21.1 Å². The van der Waals surface area contributed by atoms with E-state index >= 15 is 0 Å². The lowest BCUT2D eigenvalue weighted by Gasteiger charge is -2.25. The number of rotatable bonds is 6. The largest absolute Gasteiger partial charge is 0.486 e. The van der Waals surface area contributed by atoms with E-state index in [1.54, 1.807) is 31.2 Å². The first-order valence-electron chi connectivity index (χ1n) is 9.08. The van der Waals surface area contributed by atoms with Crippen molar-refractivity contribution in [2.45, 2.75) is 19.9 Å². The molecule has 1 heterocycles. The number of nitrogens with one attached hydrogen (secondary N) is 1. The van der Waals surface area contributed by atoms with Crippen LogP contribution < -0.4 is 19.1 Å². The van der Waals surface area contributed by atoms with Gasteiger partial charge in [0, 0.05) is 5.02 Å². The maximum Gasteiger partial charge on any atom is 0.241 e. The molecule has 0 radical (unpaired) electrons. The van der Waals surface area contributed by atoms with Crippen molar-refractivity contribution in [1.29, 1.82) is 0 Å². The molecular formula is C20H23ClN2O5S. The van der Waals surface area contributed by atoms with Crippen molar-refractivity contribution in [3.63, 3.8) is 0 Å². The molecule has 3 rings (SSSR count). The van der Waals surface area contributed by atoms with Gasteiger partial charge in [-0.05, 0) is 55.3 Å². The molecule has 29 heavy (non-hydrogen) atoms. The number of sulfonamides is 1. The van der Waals surface area contributed by atoms with E-state index in [1.165, 1.54) is 0 Å². The van der Waals surface area contributed by atoms with Crippen LogP contribution in [0.2, 0.25) is 5.02 Å². The normalized spacial score (nSPS) is 14.2. The number of benzene rings is 2. The van der Waals surface area contributed by atoms with Crippen LogP contribution in [0, 0.1) is 6.92 Å². The number of carbonyl (C=O) groups is 1. The molecule has 7 nitrogen and oxygen atoms in total. The number of amides is 1. The maximum atomic E-state index is 12.6. The molecule has 0 unspecified atom stereocenters. The fourth-order valence-electron chi connectivity index (χ4n) is 3.11. The van der Waals surface area contributed by atoms with Gasteiger partial charge in [0.05, 0.1) is 18.0 Å². The van der Waals surface area contributed by atoms with E-state index < -0.39 is 15.9 Å². The van der Waals surface area contributed by atoms with E-state index in [1.807, 2.05) is 19.1 Å². The number of ether oxygens (including phenoxy) is 2. The van der Waals surface area contributed by atoms with Gasteiger partial charge in [0.2, 0.25) is 15.9 Å². The Bertz CT molecular complexity index is 1030. The van der Waals surface area contributed by atoms with Crippen molar-refractivity contribution >= 4 is 33.2 Å². The van der Waals surface area contributed by atoms with Gasteiger partial charge in [-0.3, -0.25) is 9.10 Å². The fraction of sp³-hybridized carbons (Fsp3) is 0.350. The molecule has 0 fully saturated rings. The van der Waals surface area contributed by atoms with Crippen LogP contribution in [0.25, 0.3) is 0 Å². The van der Waals surface area contributed by atoms with Crippen molar-refractivity contribution in [1.82, 2.24) is 5.32 Å². The molecule has 9 heteroatoms. The predicted molar refractivity (Wildman–Crippen MR) is 112 cm³/mol. The van der Waals surface area contributed by atoms with Gasteiger partial charge in [0.1, 0.15) is 19.8 Å². The molecule has 1 N–H and O–H groups in total. The quantitative estimate of drug-likeness (QED) is 0.749. The second-order valence-corrected chi connectivity index (χ2v) is 9.24. The van der Waals surface area contributed by atoms with E-state index in [-0.39, 0.29) is 12.6 Å². The van der Waals surface area contributed by atoms with Crippen LogP contribution in [0.1, 0.15) is 24.1 Å². The van der Waals surface area contributed by atoms with E-state index in [9.17, 15) is 13.2 Å². The zero-order valence-electron chi connectivity index (χ0n) is 16.4. The standard InChI is InChI=1S/C20H23ClN2O5S/c1-13-10-16(21)5-6-17(13)23(29(3,25)26)12-20(24)22-14(2)15-4-7-18-19(11-15)28-9-8-27-18/h4-7,10-11,14H,8-9,12H2,1-3H3,(H,22,24)/t14-/m0/s1. The highest BCUT2D eigenvalue weighted by atomic mass is 35.5. The lowest BCUT2D eigenvalue weighted by atomic mass is 10.1. The van der Waals surface area contributed by atoms with E-state index in [0.717, 1.165) is 16.1 Å². The highest BCUT2D eigenvalue weighted by Gasteiger charge is 2.24. The third-order valence-electron chi connectivity index (χ3n) is 4.56. The van der Waals surface area contributed by atoms with Crippen LogP contribution in [-0.2, 0) is 14.8 Å². The van der Waals surface area contributed by atoms with E-state index in [0.29, 0.717) is 41.0 Å². The predicted octanol–water partition coefficient (Wildman–Crippen LogP) is 3.06. The van der Waals surface area contributed by atoms with Crippen molar-refractivity contribution in [2.75, 3.05) is 30.3 Å². The van der Waals surface area contributed by atoms with Gasteiger partial charge in [-0.15, -0.1) is 0 Å².